The summed E-state index contributed by atoms with van der Waals surface area (Å²) in [6, 6.07) is 8.37. The molecular formula is C11H16BrN3O. The zero-order valence-corrected chi connectivity index (χ0v) is 10.7. The summed E-state index contributed by atoms with van der Waals surface area (Å²) in [6.07, 6.45) is 0.537. The van der Waals surface area contributed by atoms with E-state index in [-0.39, 0.29) is 11.9 Å². The first kappa shape index (κ1) is 13.0. The number of halogens is 1. The van der Waals surface area contributed by atoms with Crippen LogP contribution in [0.2, 0.25) is 0 Å². The molecule has 0 saturated heterocycles. The summed E-state index contributed by atoms with van der Waals surface area (Å²) in [5, 5.41) is 14.6. The Bertz CT molecular complexity index is 368. The Morgan fingerprint density at radius 3 is 3.00 bits per heavy atom. The molecule has 1 aromatic carbocycles. The molecule has 1 unspecified atom stereocenters. The average molecular weight is 286 g/mol. The number of rotatable bonds is 5. The summed E-state index contributed by atoms with van der Waals surface area (Å²) in [6.45, 7) is 2.76. The monoisotopic (exact) mass is 285 g/mol. The van der Waals surface area contributed by atoms with Crippen LogP contribution in [0, 0.1) is 0 Å². The smallest absolute Gasteiger partial charge is 0.140 e. The molecule has 1 aromatic rings. The first-order valence-electron chi connectivity index (χ1n) is 5.08. The number of nitrogens with one attached hydrogen (secondary N) is 1. The Morgan fingerprint density at radius 2 is 2.38 bits per heavy atom. The van der Waals surface area contributed by atoms with E-state index in [4.69, 9.17) is 10.9 Å². The Morgan fingerprint density at radius 1 is 1.62 bits per heavy atom. The van der Waals surface area contributed by atoms with Gasteiger partial charge in [-0.15, -0.1) is 0 Å². The molecule has 5 heteroatoms. The third-order valence-electron chi connectivity index (χ3n) is 2.31. The maximum Gasteiger partial charge on any atom is 0.140 e. The SMILES string of the molecule is CC(NCCC(N)=NO)c1cccc(Br)c1. The average Bonchev–Trinajstić information content (AvgIpc) is 2.28. The Labute approximate surface area is 104 Å². The summed E-state index contributed by atoms with van der Waals surface area (Å²) in [4.78, 5) is 0. The van der Waals surface area contributed by atoms with Crippen LogP contribution in [0.3, 0.4) is 0 Å². The number of benzene rings is 1. The Hall–Kier alpha value is -1.07. The molecule has 1 atom stereocenters. The number of nitrogens with two attached hydrogens (primary N) is 1. The number of oxime groups is 1. The van der Waals surface area contributed by atoms with Gasteiger partial charge in [-0.25, -0.2) is 0 Å². The molecule has 0 radical (unpaired) electrons. The van der Waals surface area contributed by atoms with Crippen LogP contribution in [0.5, 0.6) is 0 Å². The van der Waals surface area contributed by atoms with Gasteiger partial charge in [-0.05, 0) is 24.6 Å². The van der Waals surface area contributed by atoms with E-state index >= 15 is 0 Å². The quantitative estimate of drug-likeness (QED) is 0.336. The minimum Gasteiger partial charge on any atom is -0.409 e. The number of nitrogens with zero attached hydrogens (tertiary/aromatic N) is 1. The highest BCUT2D eigenvalue weighted by atomic mass is 79.9. The van der Waals surface area contributed by atoms with Crippen LogP contribution in [0.25, 0.3) is 0 Å². The highest BCUT2D eigenvalue weighted by Gasteiger charge is 2.04. The van der Waals surface area contributed by atoms with Crippen molar-refractivity contribution >= 4 is 21.8 Å². The van der Waals surface area contributed by atoms with E-state index in [1.54, 1.807) is 0 Å². The van der Waals surface area contributed by atoms with Gasteiger partial charge < -0.3 is 16.3 Å². The van der Waals surface area contributed by atoms with Crippen molar-refractivity contribution in [2.75, 3.05) is 6.54 Å². The molecule has 0 amide bonds. The van der Waals surface area contributed by atoms with Crippen molar-refractivity contribution in [3.8, 4) is 0 Å². The van der Waals surface area contributed by atoms with E-state index < -0.39 is 0 Å². The second-order valence-corrected chi connectivity index (χ2v) is 4.49. The van der Waals surface area contributed by atoms with E-state index in [9.17, 15) is 0 Å². The van der Waals surface area contributed by atoms with E-state index in [1.807, 2.05) is 12.1 Å². The molecule has 4 nitrogen and oxygen atoms in total. The van der Waals surface area contributed by atoms with E-state index in [0.29, 0.717) is 13.0 Å². The van der Waals surface area contributed by atoms with Crippen LogP contribution in [0.1, 0.15) is 24.9 Å². The van der Waals surface area contributed by atoms with Crippen molar-refractivity contribution < 1.29 is 5.21 Å². The molecule has 0 aliphatic carbocycles. The molecule has 0 fully saturated rings. The van der Waals surface area contributed by atoms with Crippen LogP contribution < -0.4 is 11.1 Å². The van der Waals surface area contributed by atoms with Gasteiger partial charge >= 0.3 is 0 Å². The maximum absolute atomic E-state index is 8.38. The molecule has 0 aromatic heterocycles. The highest BCUT2D eigenvalue weighted by Crippen LogP contribution is 2.17. The van der Waals surface area contributed by atoms with Crippen molar-refractivity contribution in [3.05, 3.63) is 34.3 Å². The second kappa shape index (κ2) is 6.50. The zero-order chi connectivity index (χ0) is 12.0. The highest BCUT2D eigenvalue weighted by molar-refractivity contribution is 9.10. The first-order chi connectivity index (χ1) is 7.63. The van der Waals surface area contributed by atoms with Crippen molar-refractivity contribution in [2.24, 2.45) is 10.9 Å². The van der Waals surface area contributed by atoms with Gasteiger partial charge in [-0.3, -0.25) is 0 Å². The lowest BCUT2D eigenvalue weighted by atomic mass is 10.1. The molecule has 0 aliphatic rings. The molecule has 16 heavy (non-hydrogen) atoms. The topological polar surface area (TPSA) is 70.6 Å². The summed E-state index contributed by atoms with van der Waals surface area (Å²) < 4.78 is 1.06. The van der Waals surface area contributed by atoms with Crippen LogP contribution in [-0.2, 0) is 0 Å². The molecule has 88 valence electrons. The fourth-order valence-electron chi connectivity index (χ4n) is 1.36. The van der Waals surface area contributed by atoms with Gasteiger partial charge in [-0.2, -0.15) is 0 Å². The maximum atomic E-state index is 8.38. The van der Waals surface area contributed by atoms with E-state index in [1.165, 1.54) is 5.56 Å². The number of amidine groups is 1. The lowest BCUT2D eigenvalue weighted by molar-refractivity contribution is 0.316. The molecule has 0 spiro atoms. The normalized spacial score (nSPS) is 13.8. The van der Waals surface area contributed by atoms with Crippen molar-refractivity contribution in [3.63, 3.8) is 0 Å². The summed E-state index contributed by atoms with van der Waals surface area (Å²) in [7, 11) is 0. The summed E-state index contributed by atoms with van der Waals surface area (Å²) in [5.41, 5.74) is 6.58. The Kier molecular flexibility index (Phi) is 5.28. The zero-order valence-electron chi connectivity index (χ0n) is 9.15. The molecule has 1 rings (SSSR count). The van der Waals surface area contributed by atoms with Gasteiger partial charge in [0.05, 0.1) is 0 Å². The van der Waals surface area contributed by atoms with E-state index in [0.717, 1.165) is 4.47 Å². The van der Waals surface area contributed by atoms with Crippen molar-refractivity contribution in [2.45, 2.75) is 19.4 Å². The van der Waals surface area contributed by atoms with Crippen LogP contribution in [0.15, 0.2) is 33.9 Å². The molecule has 4 N–H and O–H groups in total. The van der Waals surface area contributed by atoms with Crippen molar-refractivity contribution in [1.29, 1.82) is 0 Å². The van der Waals surface area contributed by atoms with Gasteiger partial charge in [0.15, 0.2) is 0 Å². The van der Waals surface area contributed by atoms with Gasteiger partial charge in [0, 0.05) is 23.5 Å². The standard InChI is InChI=1S/C11H16BrN3O/c1-8(14-6-5-11(13)15-16)9-3-2-4-10(12)7-9/h2-4,7-8,14,16H,5-6H2,1H3,(H2,13,15). The minimum atomic E-state index is 0.240. The molecule has 0 bridgehead atoms. The van der Waals surface area contributed by atoms with E-state index in [2.05, 4.69) is 45.5 Å². The van der Waals surface area contributed by atoms with Crippen LogP contribution in [-0.4, -0.2) is 17.6 Å². The third-order valence-corrected chi connectivity index (χ3v) is 2.80. The summed E-state index contributed by atoms with van der Waals surface area (Å²) >= 11 is 3.43. The first-order valence-corrected chi connectivity index (χ1v) is 5.88. The van der Waals surface area contributed by atoms with Gasteiger partial charge in [0.2, 0.25) is 0 Å². The van der Waals surface area contributed by atoms with Gasteiger partial charge in [0.25, 0.3) is 0 Å². The Balaban J connectivity index is 2.44. The second-order valence-electron chi connectivity index (χ2n) is 3.57. The molecule has 0 aliphatic heterocycles. The number of hydrogen-bond acceptors (Lipinski definition) is 3. The lowest BCUT2D eigenvalue weighted by Crippen LogP contribution is -2.24. The van der Waals surface area contributed by atoms with Gasteiger partial charge in [-0.1, -0.05) is 33.2 Å². The van der Waals surface area contributed by atoms with Gasteiger partial charge in [0.1, 0.15) is 5.84 Å². The fraction of sp³-hybridized carbons (Fsp3) is 0.364. The van der Waals surface area contributed by atoms with Crippen molar-refractivity contribution in [1.82, 2.24) is 5.32 Å². The van der Waals surface area contributed by atoms with Crippen LogP contribution in [0.4, 0.5) is 0 Å². The third kappa shape index (κ3) is 4.20. The number of hydrogen-bond donors (Lipinski definition) is 3. The predicted molar refractivity (Wildman–Crippen MR) is 68.6 cm³/mol. The predicted octanol–water partition coefficient (Wildman–Crippen LogP) is 2.24. The minimum absolute atomic E-state index is 0.240. The molecule has 0 heterocycles. The lowest BCUT2D eigenvalue weighted by Gasteiger charge is -2.14. The largest absolute Gasteiger partial charge is 0.409 e. The summed E-state index contributed by atoms with van der Waals surface area (Å²) in [5.74, 6) is 0.244. The fourth-order valence-corrected chi connectivity index (χ4v) is 1.78. The van der Waals surface area contributed by atoms with Crippen LogP contribution >= 0.6 is 15.9 Å². The molecule has 0 saturated carbocycles. The molecular weight excluding hydrogens is 270 g/mol.